The van der Waals surface area contributed by atoms with E-state index in [0.29, 0.717) is 4.68 Å². The molecular weight excluding hydrogens is 281 g/mol. The van der Waals surface area contributed by atoms with E-state index in [0.717, 1.165) is 0 Å². The van der Waals surface area contributed by atoms with Crippen LogP contribution in [0.25, 0.3) is 0 Å². The smallest absolute Gasteiger partial charge is 0.408 e. The largest absolute Gasteiger partial charge is 0.476 e. The molecule has 8 heteroatoms. The van der Waals surface area contributed by atoms with E-state index < -0.39 is 24.4 Å². The molecule has 84 valence electrons. The molecule has 0 saturated heterocycles. The number of alkyl halides is 3. The fourth-order valence-electron chi connectivity index (χ4n) is 0.985. The van der Waals surface area contributed by atoms with Crippen LogP contribution >= 0.6 is 15.9 Å². The van der Waals surface area contributed by atoms with Crippen LogP contribution in [0.2, 0.25) is 0 Å². The van der Waals surface area contributed by atoms with E-state index in [2.05, 4.69) is 21.0 Å². The molecule has 1 aromatic rings. The highest BCUT2D eigenvalue weighted by atomic mass is 79.9. The van der Waals surface area contributed by atoms with Gasteiger partial charge < -0.3 is 5.11 Å². The summed E-state index contributed by atoms with van der Waals surface area (Å²) < 4.78 is 36.8. The number of carbonyl (C=O) groups is 1. The standard InChI is InChI=1S/C7H6BrF3N2O2/c1-3-4(8)5(6(14)15)12-13(3)2-7(9,10)11/h2H2,1H3,(H,14,15). The molecule has 0 spiro atoms. The molecule has 0 aliphatic carbocycles. The number of nitrogens with zero attached hydrogens (tertiary/aromatic N) is 2. The molecule has 1 heterocycles. The van der Waals surface area contributed by atoms with E-state index in [-0.39, 0.29) is 10.2 Å². The molecule has 0 saturated carbocycles. The van der Waals surface area contributed by atoms with Gasteiger partial charge in [0.05, 0.1) is 10.2 Å². The van der Waals surface area contributed by atoms with Crippen molar-refractivity contribution >= 4 is 21.9 Å². The van der Waals surface area contributed by atoms with Crippen LogP contribution in [0.3, 0.4) is 0 Å². The third-order valence-electron chi connectivity index (χ3n) is 1.67. The molecule has 0 radical (unpaired) electrons. The van der Waals surface area contributed by atoms with Gasteiger partial charge >= 0.3 is 12.1 Å². The van der Waals surface area contributed by atoms with Crippen LogP contribution in [0.15, 0.2) is 4.47 Å². The Morgan fingerprint density at radius 1 is 1.60 bits per heavy atom. The van der Waals surface area contributed by atoms with Gasteiger partial charge in [-0.2, -0.15) is 18.3 Å². The maximum Gasteiger partial charge on any atom is 0.408 e. The summed E-state index contributed by atoms with van der Waals surface area (Å²) in [6.45, 7) is 0.0555. The highest BCUT2D eigenvalue weighted by Crippen LogP contribution is 2.24. The number of carboxylic acids is 1. The Morgan fingerprint density at radius 3 is 2.47 bits per heavy atom. The molecule has 1 rings (SSSR count). The summed E-state index contributed by atoms with van der Waals surface area (Å²) in [7, 11) is 0. The zero-order valence-electron chi connectivity index (χ0n) is 7.47. The van der Waals surface area contributed by atoms with E-state index in [4.69, 9.17) is 5.11 Å². The lowest BCUT2D eigenvalue weighted by atomic mass is 10.4. The average Bonchev–Trinajstić information content (AvgIpc) is 2.30. The maximum absolute atomic E-state index is 12.0. The Kier molecular flexibility index (Phi) is 3.08. The Bertz CT molecular complexity index is 400. The van der Waals surface area contributed by atoms with Crippen LogP contribution in [0.5, 0.6) is 0 Å². The molecule has 1 N–H and O–H groups in total. The predicted molar refractivity (Wildman–Crippen MR) is 47.7 cm³/mol. The van der Waals surface area contributed by atoms with E-state index in [1.807, 2.05) is 0 Å². The molecular formula is C7H6BrF3N2O2. The van der Waals surface area contributed by atoms with Crippen molar-refractivity contribution in [1.82, 2.24) is 9.78 Å². The molecule has 0 unspecified atom stereocenters. The number of carboxylic acid groups (broad SMARTS) is 1. The highest BCUT2D eigenvalue weighted by molar-refractivity contribution is 9.10. The Balaban J connectivity index is 3.11. The minimum atomic E-state index is -4.42. The van der Waals surface area contributed by atoms with Gasteiger partial charge in [0.25, 0.3) is 0 Å². The predicted octanol–water partition coefficient (Wildman–Crippen LogP) is 2.21. The SMILES string of the molecule is Cc1c(Br)c(C(=O)O)nn1CC(F)(F)F. The summed E-state index contributed by atoms with van der Waals surface area (Å²) in [5.74, 6) is -1.37. The fraction of sp³-hybridized carbons (Fsp3) is 0.429. The Hall–Kier alpha value is -1.05. The third kappa shape index (κ3) is 2.71. The first-order valence-electron chi connectivity index (χ1n) is 3.75. The molecule has 0 aliphatic heterocycles. The number of hydrogen-bond donors (Lipinski definition) is 1. The van der Waals surface area contributed by atoms with Crippen LogP contribution in [-0.2, 0) is 6.54 Å². The van der Waals surface area contributed by atoms with Gasteiger partial charge in [-0.3, -0.25) is 4.68 Å². The molecule has 0 bridgehead atoms. The van der Waals surface area contributed by atoms with Gasteiger partial charge in [-0.05, 0) is 22.9 Å². The normalized spacial score (nSPS) is 11.8. The van der Waals surface area contributed by atoms with Crippen molar-refractivity contribution in [3.8, 4) is 0 Å². The van der Waals surface area contributed by atoms with E-state index in [1.165, 1.54) is 6.92 Å². The molecule has 0 aliphatic rings. The summed E-state index contributed by atoms with van der Waals surface area (Å²) in [6.07, 6.45) is -4.42. The number of hydrogen-bond acceptors (Lipinski definition) is 2. The first-order valence-corrected chi connectivity index (χ1v) is 4.54. The van der Waals surface area contributed by atoms with Crippen molar-refractivity contribution in [2.45, 2.75) is 19.6 Å². The number of rotatable bonds is 2. The van der Waals surface area contributed by atoms with Crippen molar-refractivity contribution in [3.63, 3.8) is 0 Å². The van der Waals surface area contributed by atoms with E-state index >= 15 is 0 Å². The summed E-state index contributed by atoms with van der Waals surface area (Å²) in [5, 5.41) is 12.0. The monoisotopic (exact) mass is 286 g/mol. The van der Waals surface area contributed by atoms with Gasteiger partial charge in [-0.1, -0.05) is 0 Å². The minimum absolute atomic E-state index is 0.0687. The summed E-state index contributed by atoms with van der Waals surface area (Å²) >= 11 is 2.88. The van der Waals surface area contributed by atoms with Gasteiger partial charge in [0.15, 0.2) is 5.69 Å². The first kappa shape index (κ1) is 12.0. The highest BCUT2D eigenvalue weighted by Gasteiger charge is 2.31. The van der Waals surface area contributed by atoms with Crippen molar-refractivity contribution in [2.75, 3.05) is 0 Å². The third-order valence-corrected chi connectivity index (χ3v) is 2.61. The minimum Gasteiger partial charge on any atom is -0.476 e. The lowest BCUT2D eigenvalue weighted by molar-refractivity contribution is -0.143. The van der Waals surface area contributed by atoms with Crippen molar-refractivity contribution in [3.05, 3.63) is 15.9 Å². The fourth-order valence-corrected chi connectivity index (χ4v) is 1.44. The van der Waals surface area contributed by atoms with Gasteiger partial charge in [-0.15, -0.1) is 0 Å². The molecule has 0 aromatic carbocycles. The summed E-state index contributed by atoms with van der Waals surface area (Å²) in [6, 6.07) is 0. The summed E-state index contributed by atoms with van der Waals surface area (Å²) in [4.78, 5) is 10.6. The van der Waals surface area contributed by atoms with E-state index in [1.54, 1.807) is 0 Å². The maximum atomic E-state index is 12.0. The van der Waals surface area contributed by atoms with Crippen LogP contribution in [-0.4, -0.2) is 27.0 Å². The number of aromatic carboxylic acids is 1. The second-order valence-corrected chi connectivity index (χ2v) is 3.62. The zero-order valence-corrected chi connectivity index (χ0v) is 9.05. The number of aromatic nitrogens is 2. The lowest BCUT2D eigenvalue weighted by Crippen LogP contribution is -2.19. The zero-order chi connectivity index (χ0) is 11.8. The quantitative estimate of drug-likeness (QED) is 0.907. The Morgan fingerprint density at radius 2 is 2.13 bits per heavy atom. The van der Waals surface area contributed by atoms with Crippen molar-refractivity contribution in [1.29, 1.82) is 0 Å². The lowest BCUT2D eigenvalue weighted by Gasteiger charge is -2.07. The van der Waals surface area contributed by atoms with Crippen LogP contribution in [0.1, 0.15) is 16.2 Å². The summed E-state index contributed by atoms with van der Waals surface area (Å²) in [5.41, 5.74) is -0.290. The first-order chi connectivity index (χ1) is 6.72. The average molecular weight is 287 g/mol. The molecule has 15 heavy (non-hydrogen) atoms. The van der Waals surface area contributed by atoms with Gasteiger partial charge in [0.1, 0.15) is 6.54 Å². The van der Waals surface area contributed by atoms with Gasteiger partial charge in [0.2, 0.25) is 0 Å². The van der Waals surface area contributed by atoms with Gasteiger partial charge in [0, 0.05) is 0 Å². The second-order valence-electron chi connectivity index (χ2n) is 2.83. The van der Waals surface area contributed by atoms with E-state index in [9.17, 15) is 18.0 Å². The molecule has 0 atom stereocenters. The second kappa shape index (κ2) is 3.84. The van der Waals surface area contributed by atoms with Crippen LogP contribution in [0.4, 0.5) is 13.2 Å². The molecule has 0 amide bonds. The van der Waals surface area contributed by atoms with Crippen LogP contribution < -0.4 is 0 Å². The molecule has 0 fully saturated rings. The molecule has 4 nitrogen and oxygen atoms in total. The Labute approximate surface area is 90.8 Å². The molecule has 1 aromatic heterocycles. The number of halogens is 4. The topological polar surface area (TPSA) is 55.1 Å². The van der Waals surface area contributed by atoms with Crippen molar-refractivity contribution in [2.24, 2.45) is 0 Å². The van der Waals surface area contributed by atoms with Crippen LogP contribution in [0, 0.1) is 6.92 Å². The van der Waals surface area contributed by atoms with Gasteiger partial charge in [-0.25, -0.2) is 4.79 Å². The van der Waals surface area contributed by atoms with Crippen molar-refractivity contribution < 1.29 is 23.1 Å².